The van der Waals surface area contributed by atoms with E-state index in [0.29, 0.717) is 0 Å². The second-order valence-corrected chi connectivity index (χ2v) is 9.78. The lowest BCUT2D eigenvalue weighted by Gasteiger charge is -2.26. The summed E-state index contributed by atoms with van der Waals surface area (Å²) in [6.07, 6.45) is 0. The van der Waals surface area contributed by atoms with Crippen molar-refractivity contribution >= 4 is 71.3 Å². The van der Waals surface area contributed by atoms with E-state index in [-0.39, 0.29) is 0 Å². The fourth-order valence-electron chi connectivity index (χ4n) is 5.87. The molecule has 8 aromatic rings. The summed E-state index contributed by atoms with van der Waals surface area (Å²) in [5, 5.41) is 9.84. The van der Waals surface area contributed by atoms with Crippen molar-refractivity contribution in [1.29, 1.82) is 0 Å². The molecular weight excluding hydrogens is 462 g/mol. The quantitative estimate of drug-likeness (QED) is 0.231. The van der Waals surface area contributed by atoms with E-state index in [0.717, 1.165) is 39.0 Å². The van der Waals surface area contributed by atoms with Crippen molar-refractivity contribution in [2.75, 3.05) is 4.90 Å². The van der Waals surface area contributed by atoms with Gasteiger partial charge in [0.15, 0.2) is 5.58 Å². The van der Waals surface area contributed by atoms with E-state index in [4.69, 9.17) is 4.42 Å². The maximum Gasteiger partial charge on any atom is 0.159 e. The molecule has 0 fully saturated rings. The van der Waals surface area contributed by atoms with Crippen LogP contribution in [0.15, 0.2) is 144 Å². The topological polar surface area (TPSA) is 16.4 Å². The second-order valence-electron chi connectivity index (χ2n) is 9.78. The second kappa shape index (κ2) is 8.22. The van der Waals surface area contributed by atoms with Crippen LogP contribution in [0.1, 0.15) is 0 Å². The molecule has 0 aliphatic heterocycles. The molecule has 38 heavy (non-hydrogen) atoms. The Hall–Kier alpha value is -5.08. The van der Waals surface area contributed by atoms with Crippen molar-refractivity contribution in [2.24, 2.45) is 0 Å². The van der Waals surface area contributed by atoms with Gasteiger partial charge < -0.3 is 9.32 Å². The van der Waals surface area contributed by atoms with Crippen LogP contribution in [0.3, 0.4) is 0 Å². The van der Waals surface area contributed by atoms with Gasteiger partial charge in [0.25, 0.3) is 0 Å². The number of rotatable bonds is 3. The fourth-order valence-corrected chi connectivity index (χ4v) is 5.87. The van der Waals surface area contributed by atoms with Gasteiger partial charge in [0, 0.05) is 22.1 Å². The number of anilines is 3. The summed E-state index contributed by atoms with van der Waals surface area (Å²) in [7, 11) is 0. The van der Waals surface area contributed by atoms with E-state index in [1.165, 1.54) is 32.3 Å². The van der Waals surface area contributed by atoms with Gasteiger partial charge in [-0.25, -0.2) is 0 Å². The van der Waals surface area contributed by atoms with E-state index in [2.05, 4.69) is 132 Å². The van der Waals surface area contributed by atoms with Gasteiger partial charge in [-0.3, -0.25) is 0 Å². The molecule has 0 unspecified atom stereocenters. The molecule has 0 N–H and O–H groups in total. The third kappa shape index (κ3) is 3.14. The van der Waals surface area contributed by atoms with Gasteiger partial charge in [0.1, 0.15) is 5.58 Å². The molecule has 178 valence electrons. The Bertz CT molecular complexity index is 2140. The third-order valence-electron chi connectivity index (χ3n) is 7.61. The van der Waals surface area contributed by atoms with Crippen LogP contribution in [0, 0.1) is 0 Å². The zero-order valence-corrected chi connectivity index (χ0v) is 20.6. The molecular formula is C36H23NO. The summed E-state index contributed by atoms with van der Waals surface area (Å²) >= 11 is 0. The van der Waals surface area contributed by atoms with Crippen LogP contribution in [0.2, 0.25) is 0 Å². The van der Waals surface area contributed by atoms with E-state index in [1.807, 2.05) is 12.1 Å². The van der Waals surface area contributed by atoms with Crippen LogP contribution in [0.4, 0.5) is 17.1 Å². The monoisotopic (exact) mass is 485 g/mol. The number of furan rings is 1. The molecule has 8 rings (SSSR count). The van der Waals surface area contributed by atoms with Crippen molar-refractivity contribution in [3.05, 3.63) is 140 Å². The Morgan fingerprint density at radius 2 is 1.11 bits per heavy atom. The highest BCUT2D eigenvalue weighted by atomic mass is 16.3. The van der Waals surface area contributed by atoms with E-state index in [9.17, 15) is 0 Å². The molecule has 7 aromatic carbocycles. The van der Waals surface area contributed by atoms with Crippen molar-refractivity contribution in [2.45, 2.75) is 0 Å². The van der Waals surface area contributed by atoms with E-state index in [1.54, 1.807) is 0 Å². The molecule has 2 nitrogen and oxygen atoms in total. The maximum atomic E-state index is 6.46. The Kier molecular flexibility index (Phi) is 4.55. The van der Waals surface area contributed by atoms with Gasteiger partial charge in [0.05, 0.1) is 5.69 Å². The molecule has 1 aromatic heterocycles. The number of fused-ring (bicyclic) bond motifs is 8. The lowest BCUT2D eigenvalue weighted by molar-refractivity contribution is 0.669. The van der Waals surface area contributed by atoms with Crippen LogP contribution < -0.4 is 4.90 Å². The zero-order valence-electron chi connectivity index (χ0n) is 20.6. The van der Waals surface area contributed by atoms with Crippen molar-refractivity contribution in [1.82, 2.24) is 0 Å². The molecule has 0 atom stereocenters. The Balaban J connectivity index is 1.40. The lowest BCUT2D eigenvalue weighted by Crippen LogP contribution is -2.10. The van der Waals surface area contributed by atoms with Crippen molar-refractivity contribution < 1.29 is 4.42 Å². The summed E-state index contributed by atoms with van der Waals surface area (Å²) in [6.45, 7) is 0. The molecule has 0 amide bonds. The van der Waals surface area contributed by atoms with Crippen LogP contribution in [0.5, 0.6) is 0 Å². The van der Waals surface area contributed by atoms with Gasteiger partial charge in [0.2, 0.25) is 0 Å². The smallest absolute Gasteiger partial charge is 0.159 e. The SMILES string of the molecule is c1ccc(N(c2ccc3c(ccc4ccc5ccccc5c43)c2)c2cccc3c2oc2ccccc23)cc1. The van der Waals surface area contributed by atoms with E-state index >= 15 is 0 Å². The number of nitrogens with zero attached hydrogens (tertiary/aromatic N) is 1. The largest absolute Gasteiger partial charge is 0.454 e. The average Bonchev–Trinajstić information content (AvgIpc) is 3.37. The van der Waals surface area contributed by atoms with Gasteiger partial charge in [-0.1, -0.05) is 103 Å². The maximum absolute atomic E-state index is 6.46. The first kappa shape index (κ1) is 21.0. The highest BCUT2D eigenvalue weighted by Gasteiger charge is 2.19. The molecule has 0 aliphatic rings. The first-order valence-corrected chi connectivity index (χ1v) is 12.9. The molecule has 0 saturated carbocycles. The molecule has 0 bridgehead atoms. The Morgan fingerprint density at radius 1 is 0.421 bits per heavy atom. The molecule has 0 spiro atoms. The number of hydrogen-bond acceptors (Lipinski definition) is 2. The number of hydrogen-bond donors (Lipinski definition) is 0. The molecule has 0 saturated heterocycles. The fraction of sp³-hybridized carbons (Fsp3) is 0. The third-order valence-corrected chi connectivity index (χ3v) is 7.61. The van der Waals surface area contributed by atoms with Crippen molar-refractivity contribution in [3.63, 3.8) is 0 Å². The molecule has 2 heteroatoms. The van der Waals surface area contributed by atoms with Crippen LogP contribution in [-0.4, -0.2) is 0 Å². The first-order chi connectivity index (χ1) is 18.8. The van der Waals surface area contributed by atoms with Gasteiger partial charge in [-0.15, -0.1) is 0 Å². The Morgan fingerprint density at radius 3 is 2.00 bits per heavy atom. The molecule has 0 radical (unpaired) electrons. The lowest BCUT2D eigenvalue weighted by atomic mass is 9.96. The zero-order chi connectivity index (χ0) is 25.1. The minimum absolute atomic E-state index is 0.891. The average molecular weight is 486 g/mol. The predicted octanol–water partition coefficient (Wildman–Crippen LogP) is 10.5. The van der Waals surface area contributed by atoms with Crippen molar-refractivity contribution in [3.8, 4) is 0 Å². The standard InChI is InChI=1S/C36H23NO/c1-2-10-27(11-3-1)37(33-15-8-14-32-31-13-6-7-16-34(31)38-36(32)33)28-21-22-30-26(23-28)20-19-25-18-17-24-9-4-5-12-29(24)35(25)30/h1-23H. The first-order valence-electron chi connectivity index (χ1n) is 12.9. The number of para-hydroxylation sites is 3. The van der Waals surface area contributed by atoms with Gasteiger partial charge in [-0.2, -0.15) is 0 Å². The van der Waals surface area contributed by atoms with Crippen LogP contribution >= 0.6 is 0 Å². The summed E-state index contributed by atoms with van der Waals surface area (Å²) in [5.74, 6) is 0. The summed E-state index contributed by atoms with van der Waals surface area (Å²) in [6, 6.07) is 49.6. The molecule has 0 aliphatic carbocycles. The number of benzene rings is 7. The van der Waals surface area contributed by atoms with Gasteiger partial charge >= 0.3 is 0 Å². The minimum atomic E-state index is 0.891. The summed E-state index contributed by atoms with van der Waals surface area (Å²) < 4.78 is 6.46. The van der Waals surface area contributed by atoms with Gasteiger partial charge in [-0.05, 0) is 68.7 Å². The highest BCUT2D eigenvalue weighted by Crippen LogP contribution is 2.43. The minimum Gasteiger partial charge on any atom is -0.454 e. The Labute approximate surface area is 220 Å². The van der Waals surface area contributed by atoms with E-state index < -0.39 is 0 Å². The summed E-state index contributed by atoms with van der Waals surface area (Å²) in [4.78, 5) is 2.30. The highest BCUT2D eigenvalue weighted by molar-refractivity contribution is 6.20. The normalized spacial score (nSPS) is 11.7. The van der Waals surface area contributed by atoms with Crippen LogP contribution in [-0.2, 0) is 0 Å². The predicted molar refractivity (Wildman–Crippen MR) is 161 cm³/mol. The summed E-state index contributed by atoms with van der Waals surface area (Å²) in [5.41, 5.74) is 5.00. The molecule has 1 heterocycles. The van der Waals surface area contributed by atoms with Crippen LogP contribution in [0.25, 0.3) is 54.3 Å².